The summed E-state index contributed by atoms with van der Waals surface area (Å²) in [6, 6.07) is 6.48. The minimum atomic E-state index is -3.83. The van der Waals surface area contributed by atoms with Crippen LogP contribution in [0, 0.1) is 5.82 Å². The Hall–Kier alpha value is -1.54. The van der Waals surface area contributed by atoms with E-state index in [0.717, 1.165) is 22.7 Å². The van der Waals surface area contributed by atoms with Gasteiger partial charge in [0.15, 0.2) is 0 Å². The summed E-state index contributed by atoms with van der Waals surface area (Å²) in [6.07, 6.45) is 1.13. The number of benzene rings is 2. The zero-order valence-corrected chi connectivity index (χ0v) is 17.4. The van der Waals surface area contributed by atoms with Crippen LogP contribution in [0.1, 0.15) is 13.3 Å². The van der Waals surface area contributed by atoms with E-state index in [1.165, 1.54) is 24.3 Å². The van der Waals surface area contributed by atoms with Gasteiger partial charge in [-0.15, -0.1) is 0 Å². The Labute approximate surface area is 172 Å². The maximum Gasteiger partial charge on any atom is 0.248 e. The van der Waals surface area contributed by atoms with Gasteiger partial charge in [0, 0.05) is 0 Å². The lowest BCUT2D eigenvalue weighted by Crippen LogP contribution is -2.47. The van der Waals surface area contributed by atoms with Crippen LogP contribution in [0.15, 0.2) is 36.4 Å². The number of amides is 1. The van der Waals surface area contributed by atoms with Gasteiger partial charge in [0.25, 0.3) is 0 Å². The highest BCUT2D eigenvalue weighted by Crippen LogP contribution is 2.33. The molecular weight excluding hydrogens is 438 g/mol. The standard InChI is InChI=1S/C17H16Cl3FN2O3S/c1-3-16(17(24)22-15-9-13(19)12(18)8-14(15)20)23(27(2,25)26)11-6-4-10(21)5-7-11/h4-9,16H,3H2,1-2H3,(H,22,24)/t16-/m0/s1. The van der Waals surface area contributed by atoms with Gasteiger partial charge in [-0.1, -0.05) is 41.7 Å². The second kappa shape index (κ2) is 8.65. The Morgan fingerprint density at radius 3 is 2.19 bits per heavy atom. The second-order valence-electron chi connectivity index (χ2n) is 5.69. The normalized spacial score (nSPS) is 12.5. The van der Waals surface area contributed by atoms with Gasteiger partial charge < -0.3 is 5.32 Å². The highest BCUT2D eigenvalue weighted by molar-refractivity contribution is 7.92. The number of sulfonamides is 1. The molecule has 1 N–H and O–H groups in total. The Morgan fingerprint density at radius 2 is 1.67 bits per heavy atom. The summed E-state index contributed by atoms with van der Waals surface area (Å²) in [6.45, 7) is 1.66. The number of hydrogen-bond donors (Lipinski definition) is 1. The van der Waals surface area contributed by atoms with Gasteiger partial charge in [-0.2, -0.15) is 0 Å². The van der Waals surface area contributed by atoms with Crippen LogP contribution in [-0.4, -0.2) is 26.6 Å². The van der Waals surface area contributed by atoms with E-state index in [1.54, 1.807) is 6.92 Å². The van der Waals surface area contributed by atoms with E-state index in [4.69, 9.17) is 34.8 Å². The number of anilines is 2. The molecule has 2 aromatic rings. The van der Waals surface area contributed by atoms with Crippen molar-refractivity contribution in [3.63, 3.8) is 0 Å². The molecule has 10 heteroatoms. The Balaban J connectivity index is 2.40. The van der Waals surface area contributed by atoms with Crippen molar-refractivity contribution < 1.29 is 17.6 Å². The second-order valence-corrected chi connectivity index (χ2v) is 8.78. The maximum atomic E-state index is 13.2. The fourth-order valence-corrected chi connectivity index (χ4v) is 4.29. The number of carbonyl (C=O) groups excluding carboxylic acids is 1. The first-order valence-corrected chi connectivity index (χ1v) is 10.7. The van der Waals surface area contributed by atoms with Crippen LogP contribution in [0.5, 0.6) is 0 Å². The molecule has 0 radical (unpaired) electrons. The molecule has 0 fully saturated rings. The number of rotatable bonds is 6. The summed E-state index contributed by atoms with van der Waals surface area (Å²) in [7, 11) is -3.83. The zero-order chi connectivity index (χ0) is 20.4. The fourth-order valence-electron chi connectivity index (χ4n) is 2.48. The molecular formula is C17H16Cl3FN2O3S. The summed E-state index contributed by atoms with van der Waals surface area (Å²) in [4.78, 5) is 12.8. The number of nitrogens with zero attached hydrogens (tertiary/aromatic N) is 1. The van der Waals surface area contributed by atoms with Crippen molar-refractivity contribution in [3.8, 4) is 0 Å². The minimum absolute atomic E-state index is 0.153. The van der Waals surface area contributed by atoms with E-state index >= 15 is 0 Å². The third kappa shape index (κ3) is 5.25. The highest BCUT2D eigenvalue weighted by atomic mass is 35.5. The fraction of sp³-hybridized carbons (Fsp3) is 0.235. The molecule has 2 aromatic carbocycles. The first-order chi connectivity index (χ1) is 12.5. The lowest BCUT2D eigenvalue weighted by molar-refractivity contribution is -0.117. The molecule has 0 aliphatic carbocycles. The molecule has 0 heterocycles. The van der Waals surface area contributed by atoms with Crippen LogP contribution in [0.25, 0.3) is 0 Å². The molecule has 2 rings (SSSR count). The topological polar surface area (TPSA) is 66.5 Å². The van der Waals surface area contributed by atoms with Crippen molar-refractivity contribution in [1.29, 1.82) is 0 Å². The van der Waals surface area contributed by atoms with Crippen LogP contribution in [0.3, 0.4) is 0 Å². The molecule has 1 amide bonds. The lowest BCUT2D eigenvalue weighted by Gasteiger charge is -2.30. The van der Waals surface area contributed by atoms with Gasteiger partial charge in [0.2, 0.25) is 15.9 Å². The average molecular weight is 454 g/mol. The SMILES string of the molecule is CC[C@@H](C(=O)Nc1cc(Cl)c(Cl)cc1Cl)N(c1ccc(F)cc1)S(C)(=O)=O. The lowest BCUT2D eigenvalue weighted by atomic mass is 10.1. The molecule has 0 saturated heterocycles. The Kier molecular flexibility index (Phi) is 6.97. The quantitative estimate of drug-likeness (QED) is 0.628. The molecule has 0 aromatic heterocycles. The molecule has 5 nitrogen and oxygen atoms in total. The van der Waals surface area contributed by atoms with Gasteiger partial charge in [0.05, 0.1) is 32.7 Å². The van der Waals surface area contributed by atoms with Gasteiger partial charge in [-0.3, -0.25) is 9.10 Å². The number of halogens is 4. The third-order valence-corrected chi connectivity index (χ3v) is 5.89. The Morgan fingerprint density at radius 1 is 1.11 bits per heavy atom. The summed E-state index contributed by atoms with van der Waals surface area (Å²) in [5.74, 6) is -1.14. The van der Waals surface area contributed by atoms with Crippen molar-refractivity contribution in [3.05, 3.63) is 57.3 Å². The third-order valence-electron chi connectivity index (χ3n) is 3.68. The number of hydrogen-bond acceptors (Lipinski definition) is 3. The highest BCUT2D eigenvalue weighted by Gasteiger charge is 2.32. The minimum Gasteiger partial charge on any atom is -0.323 e. The van der Waals surface area contributed by atoms with Gasteiger partial charge in [-0.25, -0.2) is 12.8 Å². The van der Waals surface area contributed by atoms with Crippen LogP contribution >= 0.6 is 34.8 Å². The van der Waals surface area contributed by atoms with E-state index in [0.29, 0.717) is 0 Å². The van der Waals surface area contributed by atoms with E-state index in [1.807, 2.05) is 0 Å². The predicted octanol–water partition coefficient (Wildman–Crippen LogP) is 4.97. The van der Waals surface area contributed by atoms with Crippen LogP contribution < -0.4 is 9.62 Å². The zero-order valence-electron chi connectivity index (χ0n) is 14.3. The number of carbonyl (C=O) groups is 1. The van der Waals surface area contributed by atoms with Crippen molar-refractivity contribution in [2.24, 2.45) is 0 Å². The summed E-state index contributed by atoms with van der Waals surface area (Å²) in [5.41, 5.74) is 0.364. The Bertz CT molecular complexity index is 953. The van der Waals surface area contributed by atoms with Crippen LogP contribution in [0.2, 0.25) is 15.1 Å². The van der Waals surface area contributed by atoms with Gasteiger partial charge >= 0.3 is 0 Å². The van der Waals surface area contributed by atoms with Crippen molar-refractivity contribution in [2.75, 3.05) is 15.9 Å². The first-order valence-electron chi connectivity index (χ1n) is 7.75. The summed E-state index contributed by atoms with van der Waals surface area (Å²) < 4.78 is 38.8. The van der Waals surface area contributed by atoms with Crippen molar-refractivity contribution in [1.82, 2.24) is 0 Å². The summed E-state index contributed by atoms with van der Waals surface area (Å²) in [5, 5.41) is 3.12. The van der Waals surface area contributed by atoms with Gasteiger partial charge in [0.1, 0.15) is 11.9 Å². The predicted molar refractivity (Wildman–Crippen MR) is 108 cm³/mol. The van der Waals surface area contributed by atoms with E-state index < -0.39 is 27.8 Å². The van der Waals surface area contributed by atoms with E-state index in [-0.39, 0.29) is 32.9 Å². The average Bonchev–Trinajstić information content (AvgIpc) is 2.57. The van der Waals surface area contributed by atoms with Crippen LogP contribution in [-0.2, 0) is 14.8 Å². The molecule has 0 saturated carbocycles. The maximum absolute atomic E-state index is 13.2. The molecule has 0 aliphatic heterocycles. The summed E-state index contributed by atoms with van der Waals surface area (Å²) >= 11 is 17.9. The largest absolute Gasteiger partial charge is 0.323 e. The molecule has 0 aliphatic rings. The van der Waals surface area contributed by atoms with Crippen molar-refractivity contribution >= 4 is 62.1 Å². The first kappa shape index (κ1) is 21.8. The molecule has 0 unspecified atom stereocenters. The molecule has 146 valence electrons. The van der Waals surface area contributed by atoms with E-state index in [9.17, 15) is 17.6 Å². The smallest absolute Gasteiger partial charge is 0.248 e. The van der Waals surface area contributed by atoms with Crippen molar-refractivity contribution in [2.45, 2.75) is 19.4 Å². The molecule has 27 heavy (non-hydrogen) atoms. The van der Waals surface area contributed by atoms with E-state index in [2.05, 4.69) is 5.32 Å². The number of nitrogens with one attached hydrogen (secondary N) is 1. The molecule has 0 bridgehead atoms. The van der Waals surface area contributed by atoms with Gasteiger partial charge in [-0.05, 0) is 42.8 Å². The van der Waals surface area contributed by atoms with Crippen LogP contribution in [0.4, 0.5) is 15.8 Å². The molecule has 0 spiro atoms. The molecule has 1 atom stereocenters. The monoisotopic (exact) mass is 452 g/mol.